The highest BCUT2D eigenvalue weighted by molar-refractivity contribution is 5.72. The molecule has 86 valence electrons. The summed E-state index contributed by atoms with van der Waals surface area (Å²) in [5.74, 6) is 0.378. The van der Waals surface area contributed by atoms with Crippen molar-refractivity contribution in [2.45, 2.75) is 32.7 Å². The predicted molar refractivity (Wildman–Crippen MR) is 64.4 cm³/mol. The molecule has 0 saturated heterocycles. The summed E-state index contributed by atoms with van der Waals surface area (Å²) < 4.78 is 1.97. The summed E-state index contributed by atoms with van der Waals surface area (Å²) in [6, 6.07) is 1.68. The molecule has 0 saturated carbocycles. The third kappa shape index (κ3) is 1.68. The maximum Gasteiger partial charge on any atom is 0.211 e. The first-order valence-electron chi connectivity index (χ1n) is 5.48. The minimum absolute atomic E-state index is 0.131. The number of imidazole rings is 1. The highest BCUT2D eigenvalue weighted by atomic mass is 16.1. The van der Waals surface area contributed by atoms with E-state index in [9.17, 15) is 4.79 Å². The molecule has 2 heterocycles. The number of hydrogen-bond donors (Lipinski definition) is 2. The van der Waals surface area contributed by atoms with Gasteiger partial charge < -0.3 is 15.3 Å². The van der Waals surface area contributed by atoms with Crippen LogP contribution in [-0.4, -0.2) is 14.5 Å². The van der Waals surface area contributed by atoms with E-state index in [0.717, 1.165) is 12.8 Å². The number of nitrogens with one attached hydrogen (secondary N) is 1. The summed E-state index contributed by atoms with van der Waals surface area (Å²) >= 11 is 0. The van der Waals surface area contributed by atoms with E-state index in [2.05, 4.69) is 23.8 Å². The maximum absolute atomic E-state index is 11.6. The fourth-order valence-corrected chi connectivity index (χ4v) is 1.94. The number of hydrogen-bond acceptors (Lipinski definition) is 3. The van der Waals surface area contributed by atoms with Gasteiger partial charge in [-0.2, -0.15) is 0 Å². The predicted octanol–water partition coefficient (Wildman–Crippen LogP) is 1.67. The number of nitrogens with two attached hydrogens (primary N) is 1. The van der Waals surface area contributed by atoms with Crippen molar-refractivity contribution >= 4 is 17.0 Å². The van der Waals surface area contributed by atoms with Gasteiger partial charge in [0.1, 0.15) is 11.5 Å². The summed E-state index contributed by atoms with van der Waals surface area (Å²) in [7, 11) is 0. The number of aromatic nitrogens is 3. The largest absolute Gasteiger partial charge is 0.385 e. The minimum Gasteiger partial charge on any atom is -0.385 e. The van der Waals surface area contributed by atoms with Gasteiger partial charge in [-0.05, 0) is 13.3 Å². The van der Waals surface area contributed by atoms with Gasteiger partial charge in [-0.15, -0.1) is 0 Å². The molecule has 0 aromatic carbocycles. The van der Waals surface area contributed by atoms with Crippen molar-refractivity contribution < 1.29 is 0 Å². The van der Waals surface area contributed by atoms with Crippen LogP contribution < -0.4 is 11.2 Å². The van der Waals surface area contributed by atoms with Gasteiger partial charge in [-0.1, -0.05) is 13.3 Å². The Bertz CT molecular complexity index is 555. The highest BCUT2D eigenvalue weighted by Crippen LogP contribution is 2.18. The topological polar surface area (TPSA) is 76.7 Å². The molecule has 0 fully saturated rings. The van der Waals surface area contributed by atoms with Crippen LogP contribution >= 0.6 is 0 Å². The molecule has 0 aliphatic heterocycles. The molecule has 0 spiro atoms. The second kappa shape index (κ2) is 4.00. The van der Waals surface area contributed by atoms with Gasteiger partial charge in [0.25, 0.3) is 0 Å². The monoisotopic (exact) mass is 220 g/mol. The SMILES string of the molecule is CCCC(C)n1cnc2c(=O)cc(N)[nH]c21. The van der Waals surface area contributed by atoms with E-state index in [4.69, 9.17) is 5.73 Å². The van der Waals surface area contributed by atoms with Crippen molar-refractivity contribution in [2.24, 2.45) is 0 Å². The van der Waals surface area contributed by atoms with Crippen LogP contribution in [0.3, 0.4) is 0 Å². The third-order valence-corrected chi connectivity index (χ3v) is 2.76. The summed E-state index contributed by atoms with van der Waals surface area (Å²) in [6.45, 7) is 4.23. The summed E-state index contributed by atoms with van der Waals surface area (Å²) in [5.41, 5.74) is 6.67. The van der Waals surface area contributed by atoms with Crippen molar-refractivity contribution in [3.8, 4) is 0 Å². The van der Waals surface area contributed by atoms with E-state index in [0.29, 0.717) is 23.0 Å². The van der Waals surface area contributed by atoms with Gasteiger partial charge >= 0.3 is 0 Å². The van der Waals surface area contributed by atoms with Crippen LogP contribution in [0.5, 0.6) is 0 Å². The van der Waals surface area contributed by atoms with Crippen LogP contribution in [0, 0.1) is 0 Å². The summed E-state index contributed by atoms with van der Waals surface area (Å²) in [5, 5.41) is 0. The molecule has 1 atom stereocenters. The van der Waals surface area contributed by atoms with Crippen molar-refractivity contribution in [1.82, 2.24) is 14.5 Å². The smallest absolute Gasteiger partial charge is 0.211 e. The lowest BCUT2D eigenvalue weighted by Gasteiger charge is -2.12. The molecule has 1 unspecified atom stereocenters. The first kappa shape index (κ1) is 10.7. The van der Waals surface area contributed by atoms with E-state index < -0.39 is 0 Å². The number of nitrogens with zero attached hydrogens (tertiary/aromatic N) is 2. The molecule has 0 radical (unpaired) electrons. The first-order chi connectivity index (χ1) is 7.63. The average molecular weight is 220 g/mol. The summed E-state index contributed by atoms with van der Waals surface area (Å²) in [6.07, 6.45) is 3.83. The lowest BCUT2D eigenvalue weighted by Crippen LogP contribution is -2.09. The molecule has 16 heavy (non-hydrogen) atoms. The Morgan fingerprint density at radius 2 is 2.38 bits per heavy atom. The van der Waals surface area contributed by atoms with Gasteiger partial charge in [0.15, 0.2) is 5.52 Å². The molecule has 0 aliphatic rings. The number of H-pyrrole nitrogens is 1. The Morgan fingerprint density at radius 1 is 1.62 bits per heavy atom. The number of fused-ring (bicyclic) bond motifs is 1. The van der Waals surface area contributed by atoms with E-state index in [-0.39, 0.29) is 5.43 Å². The van der Waals surface area contributed by atoms with E-state index in [1.165, 1.54) is 6.07 Å². The van der Waals surface area contributed by atoms with E-state index in [1.807, 2.05) is 4.57 Å². The first-order valence-corrected chi connectivity index (χ1v) is 5.48. The molecule has 5 heteroatoms. The van der Waals surface area contributed by atoms with Crippen LogP contribution in [0.4, 0.5) is 5.82 Å². The second-order valence-electron chi connectivity index (χ2n) is 4.08. The Hall–Kier alpha value is -1.78. The van der Waals surface area contributed by atoms with Crippen molar-refractivity contribution in [2.75, 3.05) is 5.73 Å². The molecule has 0 aliphatic carbocycles. The van der Waals surface area contributed by atoms with E-state index in [1.54, 1.807) is 6.33 Å². The Kier molecular flexibility index (Phi) is 2.68. The molecule has 2 aromatic rings. The fraction of sp³-hybridized carbons (Fsp3) is 0.455. The lowest BCUT2D eigenvalue weighted by atomic mass is 10.2. The quantitative estimate of drug-likeness (QED) is 0.826. The highest BCUT2D eigenvalue weighted by Gasteiger charge is 2.11. The second-order valence-corrected chi connectivity index (χ2v) is 4.08. The van der Waals surface area contributed by atoms with Gasteiger partial charge in [-0.25, -0.2) is 4.98 Å². The van der Waals surface area contributed by atoms with Gasteiger partial charge in [-0.3, -0.25) is 4.79 Å². The van der Waals surface area contributed by atoms with Crippen LogP contribution in [0.25, 0.3) is 11.2 Å². The number of rotatable bonds is 3. The lowest BCUT2D eigenvalue weighted by molar-refractivity contribution is 0.509. The van der Waals surface area contributed by atoms with E-state index >= 15 is 0 Å². The zero-order valence-electron chi connectivity index (χ0n) is 9.53. The van der Waals surface area contributed by atoms with Crippen molar-refractivity contribution in [1.29, 1.82) is 0 Å². The minimum atomic E-state index is -0.131. The van der Waals surface area contributed by atoms with Crippen LogP contribution in [0.2, 0.25) is 0 Å². The maximum atomic E-state index is 11.6. The zero-order chi connectivity index (χ0) is 11.7. The van der Waals surface area contributed by atoms with Crippen molar-refractivity contribution in [3.05, 3.63) is 22.6 Å². The molecular weight excluding hydrogens is 204 g/mol. The average Bonchev–Trinajstić information content (AvgIpc) is 2.61. The molecule has 2 aromatic heterocycles. The van der Waals surface area contributed by atoms with Crippen LogP contribution in [0.15, 0.2) is 17.2 Å². The van der Waals surface area contributed by atoms with Gasteiger partial charge in [0.2, 0.25) is 5.43 Å². The number of aromatic amines is 1. The molecule has 5 nitrogen and oxygen atoms in total. The molecular formula is C11H16N4O. The Morgan fingerprint density at radius 3 is 3.06 bits per heavy atom. The Balaban J connectivity index is 2.60. The summed E-state index contributed by atoms with van der Waals surface area (Å²) in [4.78, 5) is 18.7. The van der Waals surface area contributed by atoms with Gasteiger partial charge in [0.05, 0.1) is 6.33 Å². The number of pyridine rings is 1. The van der Waals surface area contributed by atoms with Gasteiger partial charge in [0, 0.05) is 12.1 Å². The standard InChI is InChI=1S/C11H16N4O/c1-3-4-7(2)15-6-13-10-8(16)5-9(12)14-11(10)15/h5-7H,3-4H2,1-2H3,(H3,12,14,16). The van der Waals surface area contributed by atoms with Crippen LogP contribution in [-0.2, 0) is 0 Å². The number of anilines is 1. The molecule has 2 rings (SSSR count). The fourth-order valence-electron chi connectivity index (χ4n) is 1.94. The van der Waals surface area contributed by atoms with Crippen LogP contribution in [0.1, 0.15) is 32.7 Å². The normalized spacial score (nSPS) is 13.1. The Labute approximate surface area is 93.3 Å². The number of nitrogen functional groups attached to an aromatic ring is 1. The zero-order valence-corrected chi connectivity index (χ0v) is 9.53. The third-order valence-electron chi connectivity index (χ3n) is 2.76. The molecule has 0 amide bonds. The molecule has 3 N–H and O–H groups in total. The molecule has 0 bridgehead atoms. The van der Waals surface area contributed by atoms with Crippen molar-refractivity contribution in [3.63, 3.8) is 0 Å².